The van der Waals surface area contributed by atoms with Gasteiger partial charge in [-0.05, 0) is 25.0 Å². The fourth-order valence-electron chi connectivity index (χ4n) is 2.39. The van der Waals surface area contributed by atoms with Crippen LogP contribution in [0.25, 0.3) is 0 Å². The number of benzene rings is 1. The van der Waals surface area contributed by atoms with Crippen molar-refractivity contribution in [1.29, 1.82) is 0 Å². The second kappa shape index (κ2) is 6.59. The molecule has 9 heteroatoms. The lowest BCUT2D eigenvalue weighted by atomic mass is 10.1. The molecule has 3 N–H and O–H groups in total. The number of nitrogens with two attached hydrogens (primary N) is 1. The number of anilines is 1. The first-order valence-corrected chi connectivity index (χ1v) is 6.96. The molecule has 1 atom stereocenters. The zero-order valence-corrected chi connectivity index (χ0v) is 12.0. The van der Waals surface area contributed by atoms with Crippen LogP contribution < -0.4 is 15.8 Å². The maximum atomic E-state index is 13.4. The highest BCUT2D eigenvalue weighted by Gasteiger charge is 2.43. The van der Waals surface area contributed by atoms with Crippen LogP contribution in [0.5, 0.6) is 5.75 Å². The van der Waals surface area contributed by atoms with Gasteiger partial charge in [0, 0.05) is 24.1 Å². The van der Waals surface area contributed by atoms with E-state index in [1.165, 1.54) is 12.1 Å². The van der Waals surface area contributed by atoms with E-state index in [1.807, 2.05) is 0 Å². The van der Waals surface area contributed by atoms with Gasteiger partial charge in [0.05, 0.1) is 6.54 Å². The van der Waals surface area contributed by atoms with E-state index in [9.17, 15) is 22.0 Å². The van der Waals surface area contributed by atoms with Crippen LogP contribution in [0, 0.1) is 5.92 Å². The van der Waals surface area contributed by atoms with Crippen molar-refractivity contribution in [3.63, 3.8) is 0 Å². The largest absolute Gasteiger partial charge is 0.573 e. The van der Waals surface area contributed by atoms with Crippen molar-refractivity contribution in [2.75, 3.05) is 11.9 Å². The van der Waals surface area contributed by atoms with Gasteiger partial charge in [-0.1, -0.05) is 6.07 Å². The van der Waals surface area contributed by atoms with E-state index >= 15 is 0 Å². The predicted molar refractivity (Wildman–Crippen MR) is 75.5 cm³/mol. The minimum absolute atomic E-state index is 0.134. The lowest BCUT2D eigenvalue weighted by molar-refractivity contribution is -0.274. The molecule has 23 heavy (non-hydrogen) atoms. The molecule has 1 aromatic rings. The Morgan fingerprint density at radius 2 is 2.13 bits per heavy atom. The quantitative estimate of drug-likeness (QED) is 0.500. The molecule has 1 saturated carbocycles. The Bertz CT molecular complexity index is 574. The van der Waals surface area contributed by atoms with E-state index < -0.39 is 24.0 Å². The molecule has 0 heterocycles. The van der Waals surface area contributed by atoms with E-state index in [2.05, 4.69) is 15.0 Å². The molecule has 128 valence electrons. The number of nitrogens with one attached hydrogen (secondary N) is 1. The summed E-state index contributed by atoms with van der Waals surface area (Å²) in [6.07, 6.45) is -4.14. The van der Waals surface area contributed by atoms with Crippen molar-refractivity contribution >= 4 is 11.6 Å². The van der Waals surface area contributed by atoms with Crippen LogP contribution >= 0.6 is 0 Å². The summed E-state index contributed by atoms with van der Waals surface area (Å²) in [5.74, 6) is -4.17. The average Bonchev–Trinajstić information content (AvgIpc) is 2.73. The zero-order valence-electron chi connectivity index (χ0n) is 12.0. The SMILES string of the molecule is NC(=NCC1CCCC1(F)F)Nc1cccc(OC(F)(F)F)c1. The molecular formula is C14H16F5N3O. The van der Waals surface area contributed by atoms with Gasteiger partial charge in [-0.25, -0.2) is 8.78 Å². The molecule has 1 unspecified atom stereocenters. The number of nitrogens with zero attached hydrogens (tertiary/aromatic N) is 1. The van der Waals surface area contributed by atoms with Crippen LogP contribution in [0.3, 0.4) is 0 Å². The van der Waals surface area contributed by atoms with Crippen LogP contribution in [0.4, 0.5) is 27.6 Å². The number of hydrogen-bond acceptors (Lipinski definition) is 2. The topological polar surface area (TPSA) is 59.6 Å². The summed E-state index contributed by atoms with van der Waals surface area (Å²) in [6, 6.07) is 5.00. The van der Waals surface area contributed by atoms with Crippen LogP contribution in [-0.4, -0.2) is 24.8 Å². The lowest BCUT2D eigenvalue weighted by Gasteiger charge is -2.17. The average molecular weight is 337 g/mol. The standard InChI is InChI=1S/C14H16F5N3O/c15-13(16)6-2-3-9(13)8-21-12(20)22-10-4-1-5-11(7-10)23-14(17,18)19/h1,4-5,7,9H,2-3,6,8H2,(H3,20,21,22). The number of aliphatic imine (C=N–C) groups is 1. The molecule has 0 amide bonds. The molecule has 4 nitrogen and oxygen atoms in total. The van der Waals surface area contributed by atoms with Crippen LogP contribution in [0.1, 0.15) is 19.3 Å². The molecule has 1 aliphatic carbocycles. The minimum Gasteiger partial charge on any atom is -0.406 e. The lowest BCUT2D eigenvalue weighted by Crippen LogP contribution is -2.28. The summed E-state index contributed by atoms with van der Waals surface area (Å²) < 4.78 is 67.1. The van der Waals surface area contributed by atoms with E-state index in [0.29, 0.717) is 12.8 Å². The zero-order chi connectivity index (χ0) is 17.1. The van der Waals surface area contributed by atoms with Crippen LogP contribution in [0.2, 0.25) is 0 Å². The molecule has 0 spiro atoms. The van der Waals surface area contributed by atoms with Crippen LogP contribution in [0.15, 0.2) is 29.3 Å². The molecular weight excluding hydrogens is 321 g/mol. The van der Waals surface area contributed by atoms with Gasteiger partial charge in [-0.2, -0.15) is 0 Å². The molecule has 0 radical (unpaired) electrons. The monoisotopic (exact) mass is 337 g/mol. The maximum Gasteiger partial charge on any atom is 0.573 e. The van der Waals surface area contributed by atoms with Gasteiger partial charge in [0.25, 0.3) is 5.92 Å². The normalized spacial score (nSPS) is 21.3. The molecule has 0 aromatic heterocycles. The number of rotatable bonds is 4. The molecule has 2 rings (SSSR count). The first kappa shape index (κ1) is 17.3. The Morgan fingerprint density at radius 1 is 1.39 bits per heavy atom. The van der Waals surface area contributed by atoms with E-state index in [1.54, 1.807) is 0 Å². The summed E-state index contributed by atoms with van der Waals surface area (Å²) in [7, 11) is 0. The minimum atomic E-state index is -4.80. The van der Waals surface area contributed by atoms with E-state index in [4.69, 9.17) is 5.73 Å². The number of hydrogen-bond donors (Lipinski definition) is 2. The highest BCUT2D eigenvalue weighted by Crippen LogP contribution is 2.40. The van der Waals surface area contributed by atoms with Crippen molar-refractivity contribution in [2.24, 2.45) is 16.6 Å². The van der Waals surface area contributed by atoms with Crippen LogP contribution in [-0.2, 0) is 0 Å². The third kappa shape index (κ3) is 5.26. The number of guanidine groups is 1. The number of alkyl halides is 5. The van der Waals surface area contributed by atoms with E-state index in [-0.39, 0.29) is 24.6 Å². The Hall–Kier alpha value is -2.06. The first-order chi connectivity index (χ1) is 10.7. The van der Waals surface area contributed by atoms with Gasteiger partial charge >= 0.3 is 6.36 Å². The fourth-order valence-corrected chi connectivity index (χ4v) is 2.39. The van der Waals surface area contributed by atoms with Gasteiger partial charge in [0.15, 0.2) is 5.96 Å². The summed E-state index contributed by atoms with van der Waals surface area (Å²) in [6.45, 7) is -0.134. The van der Waals surface area contributed by atoms with Gasteiger partial charge in [0.1, 0.15) is 5.75 Å². The van der Waals surface area contributed by atoms with Crippen molar-refractivity contribution in [3.8, 4) is 5.75 Å². The van der Waals surface area contributed by atoms with Crippen molar-refractivity contribution < 1.29 is 26.7 Å². The van der Waals surface area contributed by atoms with Crippen molar-refractivity contribution in [2.45, 2.75) is 31.5 Å². The Morgan fingerprint density at radius 3 is 2.74 bits per heavy atom. The van der Waals surface area contributed by atoms with Gasteiger partial charge in [0.2, 0.25) is 0 Å². The summed E-state index contributed by atoms with van der Waals surface area (Å²) in [4.78, 5) is 3.84. The fraction of sp³-hybridized carbons (Fsp3) is 0.500. The number of ether oxygens (including phenoxy) is 1. The third-order valence-corrected chi connectivity index (χ3v) is 3.48. The summed E-state index contributed by atoms with van der Waals surface area (Å²) >= 11 is 0. The number of halogens is 5. The molecule has 0 saturated heterocycles. The maximum absolute atomic E-state index is 13.4. The molecule has 0 aliphatic heterocycles. The Kier molecular flexibility index (Phi) is 4.96. The second-order valence-electron chi connectivity index (χ2n) is 5.28. The van der Waals surface area contributed by atoms with Crippen molar-refractivity contribution in [3.05, 3.63) is 24.3 Å². The van der Waals surface area contributed by atoms with Gasteiger partial charge in [-0.15, -0.1) is 13.2 Å². The van der Waals surface area contributed by atoms with Crippen molar-refractivity contribution in [1.82, 2.24) is 0 Å². The molecule has 0 bridgehead atoms. The summed E-state index contributed by atoms with van der Waals surface area (Å²) in [5.41, 5.74) is 5.79. The smallest absolute Gasteiger partial charge is 0.406 e. The Labute approximate surface area is 129 Å². The third-order valence-electron chi connectivity index (χ3n) is 3.48. The highest BCUT2D eigenvalue weighted by atomic mass is 19.4. The second-order valence-corrected chi connectivity index (χ2v) is 5.28. The van der Waals surface area contributed by atoms with Gasteiger partial charge in [-0.3, -0.25) is 4.99 Å². The van der Waals surface area contributed by atoms with E-state index in [0.717, 1.165) is 12.1 Å². The Balaban J connectivity index is 1.96. The highest BCUT2D eigenvalue weighted by molar-refractivity contribution is 5.92. The van der Waals surface area contributed by atoms with Gasteiger partial charge < -0.3 is 15.8 Å². The molecule has 1 fully saturated rings. The molecule has 1 aromatic carbocycles. The predicted octanol–water partition coefficient (Wildman–Crippen LogP) is 3.75. The molecule has 1 aliphatic rings. The summed E-state index contributed by atoms with van der Waals surface area (Å²) in [5, 5.41) is 2.55. The first-order valence-electron chi connectivity index (χ1n) is 6.96.